The highest BCUT2D eigenvalue weighted by Crippen LogP contribution is 2.21. The first kappa shape index (κ1) is 17.5. The second kappa shape index (κ2) is 7.70. The van der Waals surface area contributed by atoms with Crippen LogP contribution in [0, 0.1) is 0 Å². The predicted octanol–water partition coefficient (Wildman–Crippen LogP) is 2.66. The number of carbonyl (C=O) groups is 1. The normalized spacial score (nSPS) is 17.3. The Morgan fingerprint density at radius 1 is 1.36 bits per heavy atom. The number of carbonyl (C=O) groups excluding carboxylic acids is 1. The van der Waals surface area contributed by atoms with Gasteiger partial charge in [-0.3, -0.25) is 0 Å². The van der Waals surface area contributed by atoms with Gasteiger partial charge in [0.15, 0.2) is 0 Å². The molecule has 1 saturated heterocycles. The summed E-state index contributed by atoms with van der Waals surface area (Å²) in [5.41, 5.74) is 3.01. The number of nitrogens with zero attached hydrogens (tertiary/aromatic N) is 3. The standard InChI is InChI=1S/C19H26N4O2/c1-14(2)18-15(12-23(21-18)16-7-4-3-5-8-16)11-20-19(25)22-10-6-9-17(22)13-24/h3-5,7-8,12,14,17,24H,6,9-11,13H2,1-2H3,(H,20,25)/t17-/m1/s1. The van der Waals surface area contributed by atoms with Gasteiger partial charge in [-0.1, -0.05) is 32.0 Å². The Balaban J connectivity index is 1.73. The molecule has 25 heavy (non-hydrogen) atoms. The molecule has 1 aromatic carbocycles. The molecule has 2 amide bonds. The van der Waals surface area contributed by atoms with Gasteiger partial charge in [0.25, 0.3) is 0 Å². The number of likely N-dealkylation sites (tertiary alicyclic amines) is 1. The van der Waals surface area contributed by atoms with Crippen molar-refractivity contribution in [3.63, 3.8) is 0 Å². The molecule has 0 saturated carbocycles. The second-order valence-corrected chi connectivity index (χ2v) is 6.81. The number of rotatable bonds is 5. The smallest absolute Gasteiger partial charge is 0.317 e. The average Bonchev–Trinajstić information content (AvgIpc) is 3.27. The number of nitrogens with one attached hydrogen (secondary N) is 1. The van der Waals surface area contributed by atoms with Crippen molar-refractivity contribution in [1.29, 1.82) is 0 Å². The van der Waals surface area contributed by atoms with Crippen LogP contribution in [0.5, 0.6) is 0 Å². The molecule has 3 rings (SSSR count). The van der Waals surface area contributed by atoms with Gasteiger partial charge < -0.3 is 15.3 Å². The summed E-state index contributed by atoms with van der Waals surface area (Å²) >= 11 is 0. The lowest BCUT2D eigenvalue weighted by Crippen LogP contribution is -2.43. The van der Waals surface area contributed by atoms with Crippen LogP contribution in [0.25, 0.3) is 5.69 Å². The van der Waals surface area contributed by atoms with Crippen LogP contribution < -0.4 is 5.32 Å². The van der Waals surface area contributed by atoms with Gasteiger partial charge in [-0.25, -0.2) is 9.48 Å². The second-order valence-electron chi connectivity index (χ2n) is 6.81. The van der Waals surface area contributed by atoms with Crippen molar-refractivity contribution in [2.45, 2.75) is 45.2 Å². The molecule has 0 spiro atoms. The van der Waals surface area contributed by atoms with Crippen LogP contribution >= 0.6 is 0 Å². The highest BCUT2D eigenvalue weighted by molar-refractivity contribution is 5.74. The molecule has 0 unspecified atom stereocenters. The van der Waals surface area contributed by atoms with Crippen LogP contribution in [-0.2, 0) is 6.54 Å². The van der Waals surface area contributed by atoms with Crippen molar-refractivity contribution in [1.82, 2.24) is 20.0 Å². The quantitative estimate of drug-likeness (QED) is 0.877. The summed E-state index contributed by atoms with van der Waals surface area (Å²) in [5.74, 6) is 0.272. The van der Waals surface area contributed by atoms with Gasteiger partial charge in [0.1, 0.15) is 0 Å². The fourth-order valence-corrected chi connectivity index (χ4v) is 3.32. The lowest BCUT2D eigenvalue weighted by Gasteiger charge is -2.23. The zero-order valence-corrected chi connectivity index (χ0v) is 14.9. The monoisotopic (exact) mass is 342 g/mol. The number of benzene rings is 1. The summed E-state index contributed by atoms with van der Waals surface area (Å²) in [4.78, 5) is 14.2. The maximum absolute atomic E-state index is 12.4. The van der Waals surface area contributed by atoms with Crippen molar-refractivity contribution in [2.24, 2.45) is 0 Å². The molecule has 1 aromatic heterocycles. The molecular weight excluding hydrogens is 316 g/mol. The molecule has 2 heterocycles. The molecule has 0 radical (unpaired) electrons. The zero-order chi connectivity index (χ0) is 17.8. The zero-order valence-electron chi connectivity index (χ0n) is 14.9. The van der Waals surface area contributed by atoms with Crippen LogP contribution in [0.1, 0.15) is 43.9 Å². The third-order valence-corrected chi connectivity index (χ3v) is 4.67. The maximum atomic E-state index is 12.4. The van der Waals surface area contributed by atoms with E-state index in [1.807, 2.05) is 41.2 Å². The van der Waals surface area contributed by atoms with Gasteiger partial charge >= 0.3 is 6.03 Å². The van der Waals surface area contributed by atoms with Crippen molar-refractivity contribution < 1.29 is 9.90 Å². The van der Waals surface area contributed by atoms with E-state index in [2.05, 4.69) is 19.2 Å². The molecule has 0 bridgehead atoms. The molecule has 1 atom stereocenters. The summed E-state index contributed by atoms with van der Waals surface area (Å²) in [6.45, 7) is 5.37. The van der Waals surface area contributed by atoms with Crippen molar-refractivity contribution in [3.8, 4) is 5.69 Å². The number of hydrogen-bond acceptors (Lipinski definition) is 3. The Labute approximate surface area is 148 Å². The minimum absolute atomic E-state index is 0.0244. The highest BCUT2D eigenvalue weighted by Gasteiger charge is 2.28. The Kier molecular flexibility index (Phi) is 5.38. The average molecular weight is 342 g/mol. The van der Waals surface area contributed by atoms with E-state index in [1.54, 1.807) is 4.90 Å². The van der Waals surface area contributed by atoms with Gasteiger partial charge in [-0.2, -0.15) is 5.10 Å². The van der Waals surface area contributed by atoms with Crippen molar-refractivity contribution >= 4 is 6.03 Å². The molecule has 1 aliphatic heterocycles. The van der Waals surface area contributed by atoms with E-state index in [9.17, 15) is 9.90 Å². The minimum Gasteiger partial charge on any atom is -0.394 e. The molecule has 2 N–H and O–H groups in total. The first-order valence-electron chi connectivity index (χ1n) is 8.89. The van der Waals surface area contributed by atoms with Crippen molar-refractivity contribution in [2.75, 3.05) is 13.2 Å². The minimum atomic E-state index is -0.112. The van der Waals surface area contributed by atoms with E-state index < -0.39 is 0 Å². The Morgan fingerprint density at radius 2 is 2.12 bits per heavy atom. The maximum Gasteiger partial charge on any atom is 0.317 e. The third kappa shape index (κ3) is 3.85. The lowest BCUT2D eigenvalue weighted by molar-refractivity contribution is 0.157. The number of hydrogen-bond donors (Lipinski definition) is 2. The van der Waals surface area contributed by atoms with Gasteiger partial charge in [0.2, 0.25) is 0 Å². The van der Waals surface area contributed by atoms with E-state index in [-0.39, 0.29) is 24.6 Å². The molecule has 0 aliphatic carbocycles. The van der Waals surface area contributed by atoms with E-state index in [0.717, 1.165) is 29.8 Å². The van der Waals surface area contributed by atoms with Gasteiger partial charge in [0.05, 0.1) is 24.0 Å². The van der Waals surface area contributed by atoms with E-state index in [4.69, 9.17) is 5.10 Å². The van der Waals surface area contributed by atoms with Gasteiger partial charge in [-0.15, -0.1) is 0 Å². The van der Waals surface area contributed by atoms with Crippen LogP contribution in [0.15, 0.2) is 36.5 Å². The largest absolute Gasteiger partial charge is 0.394 e. The van der Waals surface area contributed by atoms with Crippen LogP contribution in [0.3, 0.4) is 0 Å². The third-order valence-electron chi connectivity index (χ3n) is 4.67. The van der Waals surface area contributed by atoms with Crippen LogP contribution in [0.4, 0.5) is 4.79 Å². The molecule has 2 aromatic rings. The lowest BCUT2D eigenvalue weighted by atomic mass is 10.1. The number of aromatic nitrogens is 2. The number of para-hydroxylation sites is 1. The van der Waals surface area contributed by atoms with E-state index in [1.165, 1.54) is 0 Å². The van der Waals surface area contributed by atoms with E-state index >= 15 is 0 Å². The highest BCUT2D eigenvalue weighted by atomic mass is 16.3. The fraction of sp³-hybridized carbons (Fsp3) is 0.474. The van der Waals surface area contributed by atoms with Gasteiger partial charge in [0, 0.05) is 24.8 Å². The number of aliphatic hydroxyl groups excluding tert-OH is 1. The van der Waals surface area contributed by atoms with Crippen molar-refractivity contribution in [3.05, 3.63) is 47.8 Å². The molecular formula is C19H26N4O2. The topological polar surface area (TPSA) is 70.4 Å². The summed E-state index contributed by atoms with van der Waals surface area (Å²) in [7, 11) is 0. The fourth-order valence-electron chi connectivity index (χ4n) is 3.32. The van der Waals surface area contributed by atoms with Crippen LogP contribution in [0.2, 0.25) is 0 Å². The molecule has 1 aliphatic rings. The SMILES string of the molecule is CC(C)c1nn(-c2ccccc2)cc1CNC(=O)N1CCC[C@@H]1CO. The number of urea groups is 1. The molecule has 134 valence electrons. The summed E-state index contributed by atoms with van der Waals surface area (Å²) in [6.07, 6.45) is 3.80. The molecule has 6 heteroatoms. The first-order chi connectivity index (χ1) is 12.1. The Morgan fingerprint density at radius 3 is 2.80 bits per heavy atom. The Hall–Kier alpha value is -2.34. The number of amides is 2. The van der Waals surface area contributed by atoms with Crippen LogP contribution in [-0.4, -0.2) is 45.0 Å². The predicted molar refractivity (Wildman–Crippen MR) is 96.7 cm³/mol. The summed E-state index contributed by atoms with van der Waals surface area (Å²) < 4.78 is 1.86. The summed E-state index contributed by atoms with van der Waals surface area (Å²) in [6, 6.07) is 9.79. The molecule has 1 fully saturated rings. The van der Waals surface area contributed by atoms with Gasteiger partial charge in [-0.05, 0) is 30.9 Å². The Bertz CT molecular complexity index is 711. The molecule has 6 nitrogen and oxygen atoms in total. The first-order valence-corrected chi connectivity index (χ1v) is 8.89. The summed E-state index contributed by atoms with van der Waals surface area (Å²) in [5, 5.41) is 17.1. The van der Waals surface area contributed by atoms with E-state index in [0.29, 0.717) is 13.1 Å². The number of aliphatic hydroxyl groups is 1.